The van der Waals surface area contributed by atoms with E-state index in [1.54, 1.807) is 31.5 Å². The van der Waals surface area contributed by atoms with Crippen LogP contribution in [0.25, 0.3) is 10.9 Å². The summed E-state index contributed by atoms with van der Waals surface area (Å²) in [5.41, 5.74) is 1.56. The minimum absolute atomic E-state index is 0.104. The average Bonchev–Trinajstić information content (AvgIpc) is 3.06. The van der Waals surface area contributed by atoms with Crippen LogP contribution < -0.4 is 14.2 Å². The monoisotopic (exact) mass is 501 g/mol. The van der Waals surface area contributed by atoms with Crippen LogP contribution in [0.2, 0.25) is 0 Å². The Kier molecular flexibility index (Phi) is 5.85. The number of methoxy groups -OCH3 is 3. The number of alkyl halides is 1. The van der Waals surface area contributed by atoms with Crippen LogP contribution in [0.1, 0.15) is 5.56 Å². The zero-order valence-electron chi connectivity index (χ0n) is 15.2. The SMILES string of the molecule is COc1cc(OC)cc(S(=O)(=O)n2cc(CCI)c3cc(OC)ccc32)c1. The maximum absolute atomic E-state index is 13.4. The molecule has 0 amide bonds. The quantitative estimate of drug-likeness (QED) is 0.363. The smallest absolute Gasteiger partial charge is 0.268 e. The summed E-state index contributed by atoms with van der Waals surface area (Å²) in [4.78, 5) is 0.104. The topological polar surface area (TPSA) is 66.8 Å². The number of aromatic nitrogens is 1. The maximum atomic E-state index is 13.4. The van der Waals surface area contributed by atoms with Gasteiger partial charge in [0.15, 0.2) is 0 Å². The highest BCUT2D eigenvalue weighted by molar-refractivity contribution is 14.1. The van der Waals surface area contributed by atoms with Crippen molar-refractivity contribution in [1.82, 2.24) is 3.97 Å². The van der Waals surface area contributed by atoms with Crippen molar-refractivity contribution in [2.24, 2.45) is 0 Å². The molecule has 0 fully saturated rings. The first-order valence-corrected chi connectivity index (χ1v) is 11.1. The highest BCUT2D eigenvalue weighted by Crippen LogP contribution is 2.32. The van der Waals surface area contributed by atoms with E-state index in [1.807, 2.05) is 6.07 Å². The number of rotatable bonds is 7. The predicted molar refractivity (Wildman–Crippen MR) is 113 cm³/mol. The van der Waals surface area contributed by atoms with Crippen LogP contribution in [0.4, 0.5) is 0 Å². The average molecular weight is 501 g/mol. The summed E-state index contributed by atoms with van der Waals surface area (Å²) >= 11 is 2.28. The fourth-order valence-corrected chi connectivity index (χ4v) is 4.94. The van der Waals surface area contributed by atoms with E-state index in [9.17, 15) is 8.42 Å². The van der Waals surface area contributed by atoms with Gasteiger partial charge in [-0.2, -0.15) is 0 Å². The summed E-state index contributed by atoms with van der Waals surface area (Å²) in [5, 5.41) is 0.865. The lowest BCUT2D eigenvalue weighted by Gasteiger charge is -2.11. The summed E-state index contributed by atoms with van der Waals surface area (Å²) < 4.78 is 44.7. The molecule has 3 rings (SSSR count). The summed E-state index contributed by atoms with van der Waals surface area (Å²) in [6, 6.07) is 10.0. The Morgan fingerprint density at radius 1 is 0.926 bits per heavy atom. The summed E-state index contributed by atoms with van der Waals surface area (Å²) in [7, 11) is 0.733. The molecule has 0 saturated carbocycles. The third-order valence-electron chi connectivity index (χ3n) is 4.31. The van der Waals surface area contributed by atoms with Gasteiger partial charge >= 0.3 is 0 Å². The first-order chi connectivity index (χ1) is 12.9. The largest absolute Gasteiger partial charge is 0.497 e. The molecule has 0 saturated heterocycles. The number of hydrogen-bond acceptors (Lipinski definition) is 5. The molecule has 27 heavy (non-hydrogen) atoms. The number of halogens is 1. The van der Waals surface area contributed by atoms with Gasteiger partial charge in [0.2, 0.25) is 0 Å². The molecule has 3 aromatic rings. The van der Waals surface area contributed by atoms with Crippen molar-refractivity contribution in [2.45, 2.75) is 11.3 Å². The number of fused-ring (bicyclic) bond motifs is 1. The molecule has 0 bridgehead atoms. The van der Waals surface area contributed by atoms with Crippen LogP contribution in [-0.4, -0.2) is 38.1 Å². The van der Waals surface area contributed by atoms with Gasteiger partial charge in [-0.1, -0.05) is 22.6 Å². The van der Waals surface area contributed by atoms with Crippen molar-refractivity contribution in [1.29, 1.82) is 0 Å². The van der Waals surface area contributed by atoms with E-state index in [0.29, 0.717) is 22.8 Å². The van der Waals surface area contributed by atoms with Crippen molar-refractivity contribution < 1.29 is 22.6 Å². The minimum atomic E-state index is -3.83. The van der Waals surface area contributed by atoms with Gasteiger partial charge in [-0.05, 0) is 30.2 Å². The van der Waals surface area contributed by atoms with Crippen LogP contribution in [0.3, 0.4) is 0 Å². The van der Waals surface area contributed by atoms with Crippen LogP contribution in [0.15, 0.2) is 47.5 Å². The van der Waals surface area contributed by atoms with Gasteiger partial charge < -0.3 is 14.2 Å². The van der Waals surface area contributed by atoms with E-state index in [1.165, 1.54) is 30.3 Å². The molecule has 0 unspecified atom stereocenters. The Morgan fingerprint density at radius 2 is 1.56 bits per heavy atom. The second-order valence-electron chi connectivity index (χ2n) is 5.83. The Bertz CT molecular complexity index is 1050. The Labute approximate surface area is 172 Å². The third kappa shape index (κ3) is 3.73. The summed E-state index contributed by atoms with van der Waals surface area (Å²) in [5.74, 6) is 1.52. The van der Waals surface area contributed by atoms with Crippen molar-refractivity contribution in [3.05, 3.63) is 48.2 Å². The standard InChI is InChI=1S/C19H20INO5S/c1-24-14-4-5-19-18(11-14)13(6-7-20)12-21(19)27(22,23)17-9-15(25-2)8-16(10-17)26-3/h4-5,8-12H,6-7H2,1-3H3. The molecular formula is C19H20INO5S. The van der Waals surface area contributed by atoms with Crippen LogP contribution in [0.5, 0.6) is 17.2 Å². The van der Waals surface area contributed by atoms with E-state index in [4.69, 9.17) is 14.2 Å². The van der Waals surface area contributed by atoms with Gasteiger partial charge in [0.1, 0.15) is 17.2 Å². The van der Waals surface area contributed by atoms with Crippen LogP contribution >= 0.6 is 22.6 Å². The molecule has 0 atom stereocenters. The van der Waals surface area contributed by atoms with Crippen LogP contribution in [0, 0.1) is 0 Å². The molecule has 0 spiro atoms. The molecule has 1 aromatic heterocycles. The lowest BCUT2D eigenvalue weighted by atomic mass is 10.1. The Hall–Kier alpha value is -1.94. The molecule has 1 heterocycles. The highest BCUT2D eigenvalue weighted by Gasteiger charge is 2.23. The maximum Gasteiger partial charge on any atom is 0.268 e. The number of benzene rings is 2. The Morgan fingerprint density at radius 3 is 2.11 bits per heavy atom. The number of hydrogen-bond donors (Lipinski definition) is 0. The Balaban J connectivity index is 2.24. The first kappa shape index (κ1) is 19.8. The van der Waals surface area contributed by atoms with Crippen molar-refractivity contribution in [2.75, 3.05) is 25.8 Å². The number of nitrogens with zero attached hydrogens (tertiary/aromatic N) is 1. The molecule has 0 N–H and O–H groups in total. The number of aryl methyl sites for hydroxylation is 1. The summed E-state index contributed by atoms with van der Waals surface area (Å²) in [6.45, 7) is 0. The van der Waals surface area contributed by atoms with E-state index >= 15 is 0 Å². The van der Waals surface area contributed by atoms with Crippen molar-refractivity contribution in [3.8, 4) is 17.2 Å². The fourth-order valence-electron chi connectivity index (χ4n) is 2.92. The van der Waals surface area contributed by atoms with Gasteiger partial charge in [-0.15, -0.1) is 0 Å². The zero-order valence-corrected chi connectivity index (χ0v) is 18.2. The molecule has 0 aliphatic heterocycles. The summed E-state index contributed by atoms with van der Waals surface area (Å²) in [6.07, 6.45) is 2.44. The van der Waals surface area contributed by atoms with Gasteiger partial charge in [-0.3, -0.25) is 0 Å². The van der Waals surface area contributed by atoms with E-state index in [2.05, 4.69) is 22.6 Å². The zero-order chi connectivity index (χ0) is 19.6. The van der Waals surface area contributed by atoms with Gasteiger partial charge in [0.25, 0.3) is 10.0 Å². The van der Waals surface area contributed by atoms with Crippen molar-refractivity contribution >= 4 is 43.5 Å². The predicted octanol–water partition coefficient (Wildman–Crippen LogP) is 3.88. The van der Waals surface area contributed by atoms with Gasteiger partial charge in [0, 0.05) is 34.2 Å². The second-order valence-corrected chi connectivity index (χ2v) is 8.72. The molecule has 144 valence electrons. The second kappa shape index (κ2) is 7.97. The van der Waals surface area contributed by atoms with Crippen LogP contribution in [-0.2, 0) is 16.4 Å². The highest BCUT2D eigenvalue weighted by atomic mass is 127. The normalized spacial score (nSPS) is 11.6. The van der Waals surface area contributed by atoms with Gasteiger partial charge in [-0.25, -0.2) is 12.4 Å². The molecule has 6 nitrogen and oxygen atoms in total. The number of ether oxygens (including phenoxy) is 3. The molecule has 2 aromatic carbocycles. The third-order valence-corrected chi connectivity index (χ3v) is 6.50. The first-order valence-electron chi connectivity index (χ1n) is 8.17. The minimum Gasteiger partial charge on any atom is -0.497 e. The van der Waals surface area contributed by atoms with Gasteiger partial charge in [0.05, 0.1) is 31.7 Å². The van der Waals surface area contributed by atoms with E-state index in [-0.39, 0.29) is 4.90 Å². The molecule has 8 heteroatoms. The van der Waals surface area contributed by atoms with Crippen molar-refractivity contribution in [3.63, 3.8) is 0 Å². The van der Waals surface area contributed by atoms with E-state index in [0.717, 1.165) is 21.8 Å². The molecule has 0 radical (unpaired) electrons. The lowest BCUT2D eigenvalue weighted by molar-refractivity contribution is 0.392. The molecule has 0 aliphatic carbocycles. The van der Waals surface area contributed by atoms with E-state index < -0.39 is 10.0 Å². The molecule has 0 aliphatic rings. The molecular weight excluding hydrogens is 481 g/mol. The fraction of sp³-hybridized carbons (Fsp3) is 0.263. The lowest BCUT2D eigenvalue weighted by Crippen LogP contribution is -2.12.